The Morgan fingerprint density at radius 3 is 2.50 bits per heavy atom. The molecule has 1 spiro atoms. The van der Waals surface area contributed by atoms with Gasteiger partial charge in [-0.2, -0.15) is 0 Å². The third kappa shape index (κ3) is 2.39. The average Bonchev–Trinajstić information content (AvgIpc) is 2.58. The van der Waals surface area contributed by atoms with Crippen LogP contribution in [-0.4, -0.2) is 35.3 Å². The van der Waals surface area contributed by atoms with Crippen molar-refractivity contribution in [1.82, 2.24) is 10.2 Å². The number of nitrogens with one attached hydrogen (secondary N) is 1. The molecule has 2 heterocycles. The fraction of sp³-hybridized carbons (Fsp3) is 0.875. The molecule has 2 atom stereocenters. The molecule has 1 aliphatic carbocycles. The first-order chi connectivity index (χ1) is 9.62. The van der Waals surface area contributed by atoms with E-state index in [9.17, 15) is 9.59 Å². The second-order valence-corrected chi connectivity index (χ2v) is 6.97. The van der Waals surface area contributed by atoms with Crippen molar-refractivity contribution in [1.29, 1.82) is 0 Å². The topological polar surface area (TPSA) is 49.4 Å². The van der Waals surface area contributed by atoms with Crippen LogP contribution >= 0.6 is 0 Å². The Kier molecular flexibility index (Phi) is 3.85. The second kappa shape index (κ2) is 5.47. The van der Waals surface area contributed by atoms with Crippen LogP contribution in [0.25, 0.3) is 0 Å². The van der Waals surface area contributed by atoms with Gasteiger partial charge in [-0.1, -0.05) is 25.7 Å². The monoisotopic (exact) mass is 278 g/mol. The van der Waals surface area contributed by atoms with Crippen LogP contribution in [0.3, 0.4) is 0 Å². The number of hydrogen-bond acceptors (Lipinski definition) is 3. The molecule has 2 aliphatic heterocycles. The minimum atomic E-state index is -0.332. The van der Waals surface area contributed by atoms with Crippen LogP contribution in [0, 0.1) is 5.41 Å². The molecule has 0 aromatic heterocycles. The Balaban J connectivity index is 1.79. The summed E-state index contributed by atoms with van der Waals surface area (Å²) in [6.45, 7) is 3.05. The van der Waals surface area contributed by atoms with Crippen molar-refractivity contribution in [2.75, 3.05) is 6.54 Å². The van der Waals surface area contributed by atoms with E-state index in [1.165, 1.54) is 12.8 Å². The molecule has 4 heteroatoms. The van der Waals surface area contributed by atoms with Crippen molar-refractivity contribution in [3.05, 3.63) is 0 Å². The van der Waals surface area contributed by atoms with Gasteiger partial charge in [-0.05, 0) is 39.2 Å². The summed E-state index contributed by atoms with van der Waals surface area (Å²) in [5.74, 6) is 0.250. The lowest BCUT2D eigenvalue weighted by Crippen LogP contribution is -2.50. The minimum Gasteiger partial charge on any atom is -0.314 e. The maximum Gasteiger partial charge on any atom is 0.236 e. The normalized spacial score (nSPS) is 34.5. The summed E-state index contributed by atoms with van der Waals surface area (Å²) in [4.78, 5) is 27.1. The molecule has 20 heavy (non-hydrogen) atoms. The van der Waals surface area contributed by atoms with Crippen molar-refractivity contribution in [3.8, 4) is 0 Å². The van der Waals surface area contributed by atoms with E-state index in [1.807, 2.05) is 0 Å². The summed E-state index contributed by atoms with van der Waals surface area (Å²) < 4.78 is 0. The molecule has 3 rings (SSSR count). The summed E-state index contributed by atoms with van der Waals surface area (Å²) in [7, 11) is 0. The first-order valence-electron chi connectivity index (χ1n) is 8.22. The molecule has 3 aliphatic rings. The maximum absolute atomic E-state index is 12.9. The Hall–Kier alpha value is -0.900. The molecular formula is C16H26N2O2. The number of carbonyl (C=O) groups is 2. The number of rotatable bonds is 1. The molecule has 4 nitrogen and oxygen atoms in total. The van der Waals surface area contributed by atoms with Crippen molar-refractivity contribution < 1.29 is 9.59 Å². The van der Waals surface area contributed by atoms with E-state index in [0.29, 0.717) is 12.5 Å². The molecule has 1 N–H and O–H groups in total. The van der Waals surface area contributed by atoms with Gasteiger partial charge in [0.25, 0.3) is 0 Å². The molecule has 2 unspecified atom stereocenters. The quantitative estimate of drug-likeness (QED) is 0.748. The average molecular weight is 278 g/mol. The minimum absolute atomic E-state index is 0.0935. The van der Waals surface area contributed by atoms with Crippen LogP contribution in [0.5, 0.6) is 0 Å². The summed E-state index contributed by atoms with van der Waals surface area (Å²) in [6.07, 6.45) is 8.80. The fourth-order valence-electron chi connectivity index (χ4n) is 4.32. The van der Waals surface area contributed by atoms with Gasteiger partial charge in [0, 0.05) is 18.5 Å². The van der Waals surface area contributed by atoms with Crippen LogP contribution in [0.15, 0.2) is 0 Å². The van der Waals surface area contributed by atoms with E-state index in [4.69, 9.17) is 0 Å². The molecule has 2 saturated heterocycles. The standard InChI is InChI=1S/C16H26N2O2/c1-12-10-13(6-9-17-12)18-14(19)11-16(15(18)20)7-4-2-3-5-8-16/h12-13,17H,2-11H2,1H3. The van der Waals surface area contributed by atoms with Gasteiger partial charge < -0.3 is 5.32 Å². The third-order valence-electron chi connectivity index (χ3n) is 5.45. The van der Waals surface area contributed by atoms with Crippen molar-refractivity contribution in [2.45, 2.75) is 76.8 Å². The van der Waals surface area contributed by atoms with Crippen molar-refractivity contribution >= 4 is 11.8 Å². The van der Waals surface area contributed by atoms with E-state index in [0.717, 1.165) is 45.1 Å². The first-order valence-corrected chi connectivity index (χ1v) is 8.22. The summed E-state index contributed by atoms with van der Waals surface area (Å²) in [5, 5.41) is 3.40. The van der Waals surface area contributed by atoms with Crippen LogP contribution < -0.4 is 5.32 Å². The molecule has 0 aromatic rings. The zero-order chi connectivity index (χ0) is 14.2. The van der Waals surface area contributed by atoms with E-state index in [2.05, 4.69) is 12.2 Å². The van der Waals surface area contributed by atoms with Gasteiger partial charge >= 0.3 is 0 Å². The number of carbonyl (C=O) groups excluding carboxylic acids is 2. The number of amides is 2. The maximum atomic E-state index is 12.9. The Labute approximate surface area is 121 Å². The van der Waals surface area contributed by atoms with Gasteiger partial charge in [0.2, 0.25) is 11.8 Å². The second-order valence-electron chi connectivity index (χ2n) is 6.97. The van der Waals surface area contributed by atoms with Gasteiger partial charge in [0.1, 0.15) is 0 Å². The van der Waals surface area contributed by atoms with Gasteiger partial charge in [-0.15, -0.1) is 0 Å². The third-order valence-corrected chi connectivity index (χ3v) is 5.45. The number of imide groups is 1. The van der Waals surface area contributed by atoms with Gasteiger partial charge in [0.15, 0.2) is 0 Å². The molecule has 3 fully saturated rings. The van der Waals surface area contributed by atoms with E-state index >= 15 is 0 Å². The lowest BCUT2D eigenvalue weighted by Gasteiger charge is -2.35. The number of nitrogens with zero attached hydrogens (tertiary/aromatic N) is 1. The van der Waals surface area contributed by atoms with Gasteiger partial charge in [-0.3, -0.25) is 14.5 Å². The lowest BCUT2D eigenvalue weighted by atomic mass is 9.79. The number of likely N-dealkylation sites (tertiary alicyclic amines) is 1. The molecular weight excluding hydrogens is 252 g/mol. The molecule has 1 saturated carbocycles. The Morgan fingerprint density at radius 1 is 1.15 bits per heavy atom. The zero-order valence-electron chi connectivity index (χ0n) is 12.5. The highest BCUT2D eigenvalue weighted by Gasteiger charge is 2.52. The molecule has 0 aromatic carbocycles. The molecule has 2 amide bonds. The van der Waals surface area contributed by atoms with E-state index in [1.54, 1.807) is 4.90 Å². The summed E-state index contributed by atoms with van der Waals surface area (Å²) >= 11 is 0. The van der Waals surface area contributed by atoms with E-state index < -0.39 is 0 Å². The Morgan fingerprint density at radius 2 is 1.85 bits per heavy atom. The predicted molar refractivity (Wildman–Crippen MR) is 77.1 cm³/mol. The highest BCUT2D eigenvalue weighted by molar-refractivity contribution is 6.06. The molecule has 0 bridgehead atoms. The summed E-state index contributed by atoms with van der Waals surface area (Å²) in [5.41, 5.74) is -0.332. The zero-order valence-corrected chi connectivity index (χ0v) is 12.5. The van der Waals surface area contributed by atoms with Gasteiger partial charge in [-0.25, -0.2) is 0 Å². The van der Waals surface area contributed by atoms with Gasteiger partial charge in [0.05, 0.1) is 5.41 Å². The smallest absolute Gasteiger partial charge is 0.236 e. The van der Waals surface area contributed by atoms with Crippen LogP contribution in [0.4, 0.5) is 0 Å². The van der Waals surface area contributed by atoms with Crippen LogP contribution in [0.1, 0.15) is 64.7 Å². The molecule has 112 valence electrons. The largest absolute Gasteiger partial charge is 0.314 e. The van der Waals surface area contributed by atoms with Crippen molar-refractivity contribution in [2.24, 2.45) is 5.41 Å². The summed E-state index contributed by atoms with van der Waals surface area (Å²) in [6, 6.07) is 0.536. The van der Waals surface area contributed by atoms with Crippen LogP contribution in [-0.2, 0) is 9.59 Å². The fourth-order valence-corrected chi connectivity index (χ4v) is 4.32. The number of piperidine rings is 1. The highest BCUT2D eigenvalue weighted by atomic mass is 16.2. The highest BCUT2D eigenvalue weighted by Crippen LogP contribution is 2.45. The van der Waals surface area contributed by atoms with Crippen LogP contribution in [0.2, 0.25) is 0 Å². The first kappa shape index (κ1) is 14.1. The van der Waals surface area contributed by atoms with E-state index in [-0.39, 0.29) is 23.3 Å². The number of hydrogen-bond donors (Lipinski definition) is 1. The predicted octanol–water partition coefficient (Wildman–Crippen LogP) is 2.23. The Bertz CT molecular complexity index is 399. The van der Waals surface area contributed by atoms with Crippen molar-refractivity contribution in [3.63, 3.8) is 0 Å². The molecule has 0 radical (unpaired) electrons. The SMILES string of the molecule is CC1CC(N2C(=O)CC3(CCCCCC3)C2=O)CCN1. The lowest BCUT2D eigenvalue weighted by molar-refractivity contribution is -0.145.